The summed E-state index contributed by atoms with van der Waals surface area (Å²) in [5.74, 6) is 0. The second kappa shape index (κ2) is 36.2. The van der Waals surface area contributed by atoms with Gasteiger partial charge in [0.1, 0.15) is 0 Å². The van der Waals surface area contributed by atoms with Crippen molar-refractivity contribution in [3.8, 4) is 0 Å². The van der Waals surface area contributed by atoms with Gasteiger partial charge in [-0.15, -0.1) is 0 Å². The molecule has 0 radical (unpaired) electrons. The van der Waals surface area contributed by atoms with Gasteiger partial charge in [0.2, 0.25) is 0 Å². The van der Waals surface area contributed by atoms with Gasteiger partial charge in [-0.1, -0.05) is 0 Å². The summed E-state index contributed by atoms with van der Waals surface area (Å²) < 4.78 is 0. The van der Waals surface area contributed by atoms with Crippen LogP contribution in [0.15, 0.2) is 0 Å². The van der Waals surface area contributed by atoms with E-state index in [2.05, 4.69) is 0 Å². The Morgan fingerprint density at radius 1 is 0.375 bits per heavy atom. The van der Waals surface area contributed by atoms with Gasteiger partial charge in [-0.2, -0.15) is 0 Å². The van der Waals surface area contributed by atoms with Gasteiger partial charge in [-0.3, -0.25) is 22.0 Å². The molecule has 0 bridgehead atoms. The van der Waals surface area contributed by atoms with Crippen LogP contribution in [0.25, 0.3) is 0 Å². The summed E-state index contributed by atoms with van der Waals surface area (Å²) in [5.41, 5.74) is 0. The maximum Gasteiger partial charge on any atom is 3.00 e. The van der Waals surface area contributed by atoms with Crippen LogP contribution in [0.3, 0.4) is 0 Å². The van der Waals surface area contributed by atoms with E-state index in [1.165, 1.54) is 0 Å². The van der Waals surface area contributed by atoms with Crippen molar-refractivity contribution < 1.29 is 127 Å². The molecule has 0 aromatic heterocycles. The van der Waals surface area contributed by atoms with E-state index in [1.807, 2.05) is 0 Å². The van der Waals surface area contributed by atoms with E-state index in [0.717, 1.165) is 0 Å². The van der Waals surface area contributed by atoms with Gasteiger partial charge < -0.3 is 45.2 Å². The number of rotatable bonds is 0. The third-order valence-corrected chi connectivity index (χ3v) is 0. The van der Waals surface area contributed by atoms with Crippen LogP contribution in [0.1, 0.15) is 0 Å². The number of hydrogen-bond acceptors (Lipinski definition) is 9. The molecule has 16 heavy (non-hydrogen) atoms. The van der Waals surface area contributed by atoms with E-state index in [4.69, 9.17) is 45.2 Å². The first kappa shape index (κ1) is 42.7. The first-order chi connectivity index (χ1) is 5.20. The molecule has 0 unspecified atom stereocenters. The predicted molar refractivity (Wildman–Crippen MR) is 23.0 cm³/mol. The molecule has 16 heteroatoms. The monoisotopic (exact) mass is 546 g/mol. The van der Waals surface area contributed by atoms with Crippen molar-refractivity contribution in [3.63, 3.8) is 0 Å². The van der Waals surface area contributed by atoms with E-state index in [-0.39, 0.29) is 99.3 Å². The molecule has 0 saturated carbocycles. The average Bonchev–Trinajstić information content (AvgIpc) is 1.54. The summed E-state index contributed by atoms with van der Waals surface area (Å²) in [6.45, 7) is 0. The minimum absolute atomic E-state index is 0. The molecule has 72 valence electrons. The Kier molecular flexibility index (Phi) is 96.6. The largest absolute Gasteiger partial charge is 3.00 e. The van der Waals surface area contributed by atoms with Crippen molar-refractivity contribution in [3.05, 3.63) is 0 Å². The first-order valence-electron chi connectivity index (χ1n) is 2.12. The van der Waals surface area contributed by atoms with Crippen molar-refractivity contribution in [1.29, 1.82) is 0 Å². The first-order valence-corrected chi connectivity index (χ1v) is 2.12. The molecular formula is AlB3Cd3O9. The van der Waals surface area contributed by atoms with Crippen LogP contribution in [0.5, 0.6) is 0 Å². The zero-order valence-corrected chi connectivity index (χ0v) is 21.4. The Hall–Kier alpha value is 3.13. The van der Waals surface area contributed by atoms with Crippen LogP contribution in [-0.2, 0) is 81.9 Å². The topological polar surface area (TPSA) is 208 Å². The van der Waals surface area contributed by atoms with Crippen LogP contribution in [0.2, 0.25) is 0 Å². The molecule has 0 aliphatic heterocycles. The van der Waals surface area contributed by atoms with E-state index in [9.17, 15) is 0 Å². The third-order valence-electron chi connectivity index (χ3n) is 0. The molecule has 0 aliphatic carbocycles. The second-order valence-electron chi connectivity index (χ2n) is 0.866. The van der Waals surface area contributed by atoms with Gasteiger partial charge in [0.25, 0.3) is 0 Å². The fourth-order valence-corrected chi connectivity index (χ4v) is 0. The van der Waals surface area contributed by atoms with Crippen molar-refractivity contribution >= 4 is 39.3 Å². The van der Waals surface area contributed by atoms with Gasteiger partial charge >= 0.3 is 99.3 Å². The summed E-state index contributed by atoms with van der Waals surface area (Å²) in [4.78, 5) is 0. The van der Waals surface area contributed by atoms with Crippen LogP contribution in [-0.4, -0.2) is 39.3 Å². The molecule has 0 atom stereocenters. The summed E-state index contributed by atoms with van der Waals surface area (Å²) >= 11 is 0. The normalized spacial score (nSPS) is 5.06. The van der Waals surface area contributed by atoms with Crippen LogP contribution in [0.4, 0.5) is 0 Å². The molecule has 0 aliphatic rings. The number of hydrogen-bond donors (Lipinski definition) is 0. The zero-order chi connectivity index (χ0) is 10.7. The van der Waals surface area contributed by atoms with Crippen LogP contribution >= 0.6 is 0 Å². The van der Waals surface area contributed by atoms with Crippen molar-refractivity contribution in [2.75, 3.05) is 0 Å². The summed E-state index contributed by atoms with van der Waals surface area (Å²) in [7, 11) is -8.75. The van der Waals surface area contributed by atoms with Gasteiger partial charge in [0.15, 0.2) is 0 Å². The molecule has 0 aromatic carbocycles. The van der Waals surface area contributed by atoms with E-state index in [1.54, 1.807) is 0 Å². The predicted octanol–water partition coefficient (Wildman–Crippen LogP) is -12.2. The van der Waals surface area contributed by atoms with Crippen LogP contribution in [0, 0.1) is 0 Å². The van der Waals surface area contributed by atoms with Gasteiger partial charge in [0, 0.05) is 0 Å². The Morgan fingerprint density at radius 3 is 0.375 bits per heavy atom. The Labute approximate surface area is 164 Å². The minimum atomic E-state index is -2.92. The Balaban J connectivity index is -0.0000000135. The molecular weight excluding hydrogens is 541 g/mol. The van der Waals surface area contributed by atoms with E-state index in [0.29, 0.717) is 0 Å². The van der Waals surface area contributed by atoms with Gasteiger partial charge in [-0.05, 0) is 0 Å². The fourth-order valence-electron chi connectivity index (χ4n) is 0. The Bertz CT molecular complexity index is 54.5. The van der Waals surface area contributed by atoms with Crippen LogP contribution < -0.4 is 45.2 Å². The van der Waals surface area contributed by atoms with Crippen molar-refractivity contribution in [1.82, 2.24) is 0 Å². The maximum atomic E-state index is 8.42. The fraction of sp³-hybridized carbons (Fsp3) is 0. The Morgan fingerprint density at radius 2 is 0.375 bits per heavy atom. The molecule has 0 amide bonds. The quantitative estimate of drug-likeness (QED) is 0.267. The third kappa shape index (κ3) is 454. The van der Waals surface area contributed by atoms with Gasteiger partial charge in [0.05, 0.1) is 0 Å². The molecule has 0 heterocycles. The zero-order valence-electron chi connectivity index (χ0n) is 8.10. The molecule has 0 spiro atoms. The van der Waals surface area contributed by atoms with Gasteiger partial charge in [-0.25, -0.2) is 0 Å². The van der Waals surface area contributed by atoms with E-state index >= 15 is 0 Å². The average molecular weight is 541 g/mol. The molecule has 0 aromatic rings. The van der Waals surface area contributed by atoms with Crippen molar-refractivity contribution in [2.24, 2.45) is 0 Å². The summed E-state index contributed by atoms with van der Waals surface area (Å²) in [6, 6.07) is 0. The summed E-state index contributed by atoms with van der Waals surface area (Å²) in [5, 5.41) is 75.8. The summed E-state index contributed by atoms with van der Waals surface area (Å²) in [6.07, 6.45) is 0. The minimum Gasteiger partial charge on any atom is -0.907 e. The molecule has 0 fully saturated rings. The van der Waals surface area contributed by atoms with E-state index < -0.39 is 22.0 Å². The molecule has 9 nitrogen and oxygen atoms in total. The maximum absolute atomic E-state index is 8.42. The second-order valence-corrected chi connectivity index (χ2v) is 0.866. The molecule has 0 N–H and O–H groups in total. The molecule has 0 rings (SSSR count). The molecule has 0 saturated heterocycles. The standard InChI is InChI=1S/Al.3BO3.3Cd/c;3*2-1(3)4;;;/q+3;3*-3;3*+2. The van der Waals surface area contributed by atoms with Crippen molar-refractivity contribution in [2.45, 2.75) is 0 Å². The smallest absolute Gasteiger partial charge is 0.907 e. The SMILES string of the molecule is [Al+3].[Cd+2].[Cd+2].[Cd+2].[O-]B([O-])[O-].[O-]B([O-])[O-].[O-]B([O-])[O-].